The highest BCUT2D eigenvalue weighted by molar-refractivity contribution is 7.93. The molecule has 0 saturated heterocycles. The minimum absolute atomic E-state index is 0.0533. The number of halogens is 2. The Morgan fingerprint density at radius 1 is 1.21 bits per heavy atom. The van der Waals surface area contributed by atoms with Gasteiger partial charge in [0.1, 0.15) is 0 Å². The third kappa shape index (κ3) is 3.73. The predicted octanol–water partition coefficient (Wildman–Crippen LogP) is 3.75. The van der Waals surface area contributed by atoms with Gasteiger partial charge in [-0.25, -0.2) is 9.97 Å². The van der Waals surface area contributed by atoms with E-state index < -0.39 is 23.0 Å². The summed E-state index contributed by atoms with van der Waals surface area (Å²) in [6.07, 6.45) is 1.19. The van der Waals surface area contributed by atoms with Crippen LogP contribution in [-0.2, 0) is 11.2 Å². The predicted molar refractivity (Wildman–Crippen MR) is 90.4 cm³/mol. The molecule has 1 unspecified atom stereocenters. The molecule has 3 aromatic rings. The number of hydrogen-bond donors (Lipinski definition) is 1. The van der Waals surface area contributed by atoms with Crippen LogP contribution in [0.5, 0.6) is 0 Å². The zero-order valence-electron chi connectivity index (χ0n) is 11.9. The van der Waals surface area contributed by atoms with E-state index in [9.17, 15) is 13.7 Å². The Balaban J connectivity index is 1.82. The van der Waals surface area contributed by atoms with Crippen molar-refractivity contribution >= 4 is 45.7 Å². The number of hydrogen-bond acceptors (Lipinski definition) is 5. The average molecular weight is 382 g/mol. The fourth-order valence-electron chi connectivity index (χ4n) is 1.82. The van der Waals surface area contributed by atoms with Gasteiger partial charge >= 0.3 is 0 Å². The van der Waals surface area contributed by atoms with Crippen molar-refractivity contribution in [3.05, 3.63) is 64.8 Å². The summed E-state index contributed by atoms with van der Waals surface area (Å²) in [5.41, 5.74) is 1.82. The lowest BCUT2D eigenvalue weighted by atomic mass is 10.4. The van der Waals surface area contributed by atoms with Crippen LogP contribution < -0.4 is 5.32 Å². The lowest BCUT2D eigenvalue weighted by molar-refractivity contribution is 0.102. The molecule has 1 N–H and O–H groups in total. The molecule has 1 amide bonds. The zero-order valence-corrected chi connectivity index (χ0v) is 14.3. The van der Waals surface area contributed by atoms with Crippen molar-refractivity contribution in [1.82, 2.24) is 9.97 Å². The van der Waals surface area contributed by atoms with Gasteiger partial charge in [-0.2, -0.15) is 4.39 Å². The molecule has 1 atom stereocenters. The van der Waals surface area contributed by atoms with E-state index in [-0.39, 0.29) is 5.69 Å². The maximum absolute atomic E-state index is 12.8. The molecular formula is C15H9ClFN3O2S2. The van der Waals surface area contributed by atoms with E-state index in [1.54, 1.807) is 24.3 Å². The van der Waals surface area contributed by atoms with Crippen molar-refractivity contribution in [3.63, 3.8) is 0 Å². The number of benzene rings is 1. The monoisotopic (exact) mass is 381 g/mol. The van der Waals surface area contributed by atoms with Crippen LogP contribution in [0.25, 0.3) is 0 Å². The molecule has 122 valence electrons. The molecule has 24 heavy (non-hydrogen) atoms. The molecular weight excluding hydrogens is 373 g/mol. The highest BCUT2D eigenvalue weighted by atomic mass is 35.5. The van der Waals surface area contributed by atoms with Crippen molar-refractivity contribution in [3.8, 4) is 0 Å². The fourth-order valence-corrected chi connectivity index (χ4v) is 4.15. The summed E-state index contributed by atoms with van der Waals surface area (Å²) in [5, 5.41) is 3.08. The molecule has 3 rings (SSSR count). The summed E-state index contributed by atoms with van der Waals surface area (Å²) in [6.45, 7) is 0. The smallest absolute Gasteiger partial charge is 0.280 e. The van der Waals surface area contributed by atoms with E-state index in [1.165, 1.54) is 17.8 Å². The minimum atomic E-state index is -1.56. The number of rotatable bonds is 4. The number of carbonyl (C=O) groups is 1. The Morgan fingerprint density at radius 2 is 1.96 bits per heavy atom. The maximum Gasteiger partial charge on any atom is 0.280 e. The number of nitrogens with zero attached hydrogens (tertiary/aromatic N) is 2. The molecule has 0 aliphatic rings. The molecule has 0 aliphatic heterocycles. The highest BCUT2D eigenvalue weighted by Crippen LogP contribution is 2.28. The summed E-state index contributed by atoms with van der Waals surface area (Å²) in [7, 11) is 0. The molecule has 5 nitrogen and oxygen atoms in total. The van der Waals surface area contributed by atoms with Gasteiger partial charge in [0, 0.05) is 16.2 Å². The third-order valence-electron chi connectivity index (χ3n) is 2.93. The first kappa shape index (κ1) is 16.8. The van der Waals surface area contributed by atoms with Gasteiger partial charge in [0.2, 0.25) is 10.2 Å². The number of pyridine rings is 1. The van der Waals surface area contributed by atoms with Crippen molar-refractivity contribution in [2.24, 2.45) is 0 Å². The lowest BCUT2D eigenvalue weighted by Crippen LogP contribution is -2.16. The van der Waals surface area contributed by atoms with Gasteiger partial charge in [-0.15, -0.1) is 0 Å². The number of anilines is 1. The van der Waals surface area contributed by atoms with Crippen molar-refractivity contribution in [2.75, 3.05) is 5.32 Å². The number of nitrogens with one attached hydrogen (secondary N) is 1. The van der Waals surface area contributed by atoms with Crippen LogP contribution in [0.15, 0.2) is 57.2 Å². The Bertz CT molecular complexity index is 856. The molecule has 0 aliphatic carbocycles. The fraction of sp³-hybridized carbons (Fsp3) is 0. The van der Waals surface area contributed by atoms with Crippen LogP contribution in [0.3, 0.4) is 0 Å². The van der Waals surface area contributed by atoms with Crippen LogP contribution in [0.2, 0.25) is 5.02 Å². The van der Waals surface area contributed by atoms with Crippen LogP contribution in [0, 0.1) is 5.95 Å². The summed E-state index contributed by atoms with van der Waals surface area (Å²) < 4.78 is 25.8. The molecule has 2 heterocycles. The lowest BCUT2D eigenvalue weighted by Gasteiger charge is -2.09. The van der Waals surface area contributed by atoms with Crippen LogP contribution in [0.4, 0.5) is 10.1 Å². The van der Waals surface area contributed by atoms with Gasteiger partial charge in [0.15, 0.2) is 10.6 Å². The number of aromatic nitrogens is 2. The third-order valence-corrected chi connectivity index (χ3v) is 5.77. The molecule has 0 bridgehead atoms. The van der Waals surface area contributed by atoms with Crippen LogP contribution in [0.1, 0.15) is 10.5 Å². The van der Waals surface area contributed by atoms with E-state index in [0.29, 0.717) is 19.8 Å². The average Bonchev–Trinajstić information content (AvgIpc) is 3.07. The van der Waals surface area contributed by atoms with E-state index in [4.69, 9.17) is 11.6 Å². The van der Waals surface area contributed by atoms with Gasteiger partial charge in [0.25, 0.3) is 5.91 Å². The molecule has 0 spiro atoms. The second-order valence-corrected chi connectivity index (χ2v) is 7.50. The second-order valence-electron chi connectivity index (χ2n) is 4.53. The largest absolute Gasteiger partial charge is 0.606 e. The summed E-state index contributed by atoms with van der Waals surface area (Å²) in [4.78, 5) is 20.3. The second kappa shape index (κ2) is 7.27. The molecule has 0 radical (unpaired) electrons. The Hall–Kier alpha value is -2.00. The molecule has 0 fully saturated rings. The van der Waals surface area contributed by atoms with Gasteiger partial charge in [-0.3, -0.25) is 4.79 Å². The first-order valence-electron chi connectivity index (χ1n) is 6.58. The van der Waals surface area contributed by atoms with Gasteiger partial charge in [0.05, 0.1) is 17.4 Å². The molecule has 2 aromatic heterocycles. The molecule has 1 aromatic carbocycles. The first-order valence-corrected chi connectivity index (χ1v) is 8.99. The first-order chi connectivity index (χ1) is 11.5. The van der Waals surface area contributed by atoms with Crippen molar-refractivity contribution < 1.29 is 13.7 Å². The molecule has 0 saturated carbocycles. The Labute approximate surface area is 148 Å². The summed E-state index contributed by atoms with van der Waals surface area (Å²) in [5.74, 6) is -1.19. The van der Waals surface area contributed by atoms with Crippen LogP contribution in [-0.4, -0.2) is 20.4 Å². The normalized spacial score (nSPS) is 12.0. The minimum Gasteiger partial charge on any atom is -0.606 e. The number of thiazole rings is 1. The van der Waals surface area contributed by atoms with Crippen molar-refractivity contribution in [2.45, 2.75) is 9.10 Å². The quantitative estimate of drug-likeness (QED) is 0.551. The number of carbonyl (C=O) groups excluding carboxylic acids is 1. The summed E-state index contributed by atoms with van der Waals surface area (Å²) in [6, 6.07) is 9.01. The van der Waals surface area contributed by atoms with E-state index in [2.05, 4.69) is 15.3 Å². The Morgan fingerprint density at radius 3 is 2.62 bits per heavy atom. The standard InChI is InChI=1S/C15H9ClFN3O2S2/c16-9-1-4-11(5-2-9)24(22)15-13(19-8-23-15)14(21)20-10-3-6-12(17)18-7-10/h1-8H,(H,20,21). The van der Waals surface area contributed by atoms with Crippen molar-refractivity contribution in [1.29, 1.82) is 0 Å². The van der Waals surface area contributed by atoms with E-state index in [0.717, 1.165) is 17.4 Å². The number of amides is 1. The molecule has 9 heteroatoms. The van der Waals surface area contributed by atoms with Gasteiger partial charge < -0.3 is 9.87 Å². The van der Waals surface area contributed by atoms with E-state index >= 15 is 0 Å². The zero-order chi connectivity index (χ0) is 17.1. The highest BCUT2D eigenvalue weighted by Gasteiger charge is 2.27. The van der Waals surface area contributed by atoms with E-state index in [1.807, 2.05) is 0 Å². The SMILES string of the molecule is O=C(Nc1ccc(F)nc1)c1ncsc1[S+]([O-])c1ccc(Cl)cc1. The topological polar surface area (TPSA) is 77.9 Å². The maximum atomic E-state index is 12.8. The van der Waals surface area contributed by atoms with Gasteiger partial charge in [-0.1, -0.05) is 22.9 Å². The summed E-state index contributed by atoms with van der Waals surface area (Å²) >= 11 is 5.38. The Kier molecular flexibility index (Phi) is 5.10. The van der Waals surface area contributed by atoms with Crippen LogP contribution >= 0.6 is 22.9 Å². The van der Waals surface area contributed by atoms with Gasteiger partial charge in [-0.05, 0) is 36.4 Å².